The number of hydrogen-bond acceptors (Lipinski definition) is 9. The number of nitrogens with zero attached hydrogens (tertiary/aromatic N) is 1. The van der Waals surface area contributed by atoms with Crippen molar-refractivity contribution in [2.24, 2.45) is 11.7 Å². The first-order valence-electron chi connectivity index (χ1n) is 9.11. The van der Waals surface area contributed by atoms with Gasteiger partial charge in [0.05, 0.1) is 23.2 Å². The molecule has 3 rings (SSSR count). The number of nitrogens with one attached hydrogen (secondary N) is 2. The van der Waals surface area contributed by atoms with Crippen molar-refractivity contribution >= 4 is 39.9 Å². The lowest BCUT2D eigenvalue weighted by atomic mass is 9.66. The third-order valence-electron chi connectivity index (χ3n) is 5.01. The van der Waals surface area contributed by atoms with Gasteiger partial charge in [-0.3, -0.25) is 4.79 Å². The summed E-state index contributed by atoms with van der Waals surface area (Å²) in [5.74, 6) is -2.20. The number of amides is 1. The van der Waals surface area contributed by atoms with Gasteiger partial charge in [0.1, 0.15) is 6.61 Å². The predicted molar refractivity (Wildman–Crippen MR) is 107 cm³/mol. The fourth-order valence-corrected chi connectivity index (χ4v) is 4.29. The van der Waals surface area contributed by atoms with Crippen LogP contribution >= 0.6 is 11.3 Å². The number of Topliss-reactive ketones (excluding diaryl/α,β-unsaturated/α-hetero) is 1. The molecule has 10 nitrogen and oxygen atoms in total. The second-order valence-corrected chi connectivity index (χ2v) is 7.67. The quantitative estimate of drug-likeness (QED) is 0.391. The van der Waals surface area contributed by atoms with Crippen LogP contribution in [0.4, 0.5) is 9.93 Å². The molecule has 1 aliphatic heterocycles. The summed E-state index contributed by atoms with van der Waals surface area (Å²) in [6.07, 6.45) is 1.81. The molecular weight excluding hydrogens is 398 g/mol. The molecular formula is C18H23N5O5S. The summed E-state index contributed by atoms with van der Waals surface area (Å²) in [6, 6.07) is -0.876. The topological polar surface area (TPSA) is 170 Å². The number of rotatable bonds is 8. The number of carboxylic acids is 1. The van der Waals surface area contributed by atoms with E-state index < -0.39 is 24.0 Å². The van der Waals surface area contributed by atoms with E-state index in [2.05, 4.69) is 15.6 Å². The Morgan fingerprint density at radius 2 is 2.28 bits per heavy atom. The van der Waals surface area contributed by atoms with Crippen LogP contribution in [0.5, 0.6) is 0 Å². The molecule has 29 heavy (non-hydrogen) atoms. The highest BCUT2D eigenvalue weighted by molar-refractivity contribution is 7.13. The number of hydrogen-bond donors (Lipinski definition) is 5. The Morgan fingerprint density at radius 3 is 2.86 bits per heavy atom. The van der Waals surface area contributed by atoms with E-state index in [4.69, 9.17) is 16.2 Å². The summed E-state index contributed by atoms with van der Waals surface area (Å²) < 4.78 is 4.72. The molecule has 1 aromatic heterocycles. The van der Waals surface area contributed by atoms with Crippen molar-refractivity contribution in [3.63, 3.8) is 0 Å². The van der Waals surface area contributed by atoms with Crippen LogP contribution in [0, 0.1) is 5.92 Å². The normalized spacial score (nSPS) is 24.1. The summed E-state index contributed by atoms with van der Waals surface area (Å²) in [5, 5.41) is 18.3. The van der Waals surface area contributed by atoms with Crippen LogP contribution < -0.4 is 22.1 Å². The minimum Gasteiger partial charge on any atom is -0.478 e. The monoisotopic (exact) mass is 421 g/mol. The lowest BCUT2D eigenvalue weighted by Crippen LogP contribution is -2.71. The maximum atomic E-state index is 12.7. The van der Waals surface area contributed by atoms with Crippen molar-refractivity contribution < 1.29 is 24.2 Å². The Kier molecular flexibility index (Phi) is 6.30. The number of carbonyl (C=O) groups excluding carboxylic acids is 2. The van der Waals surface area contributed by atoms with Gasteiger partial charge in [0.15, 0.2) is 10.9 Å². The second kappa shape index (κ2) is 8.72. The maximum absolute atomic E-state index is 12.7. The molecule has 3 unspecified atom stereocenters. The number of aromatic nitrogens is 1. The number of allylic oxidation sites excluding steroid dienone is 1. The first-order chi connectivity index (χ1) is 13.8. The van der Waals surface area contributed by atoms with Crippen LogP contribution in [0.3, 0.4) is 0 Å². The summed E-state index contributed by atoms with van der Waals surface area (Å²) >= 11 is 1.34. The number of aliphatic carboxylic acids is 1. The molecule has 1 aromatic rings. The number of primary amides is 1. The molecule has 0 spiro atoms. The molecule has 0 aromatic carbocycles. The average Bonchev–Trinajstić information content (AvgIpc) is 3.10. The van der Waals surface area contributed by atoms with E-state index in [1.54, 1.807) is 0 Å². The van der Waals surface area contributed by atoms with E-state index >= 15 is 0 Å². The lowest BCUT2D eigenvalue weighted by molar-refractivity contribution is -0.141. The van der Waals surface area contributed by atoms with E-state index in [0.717, 1.165) is 17.7 Å². The average molecular weight is 421 g/mol. The second-order valence-electron chi connectivity index (χ2n) is 6.78. The molecule has 1 fully saturated rings. The molecule has 11 heteroatoms. The first-order valence-corrected chi connectivity index (χ1v) is 9.99. The van der Waals surface area contributed by atoms with E-state index in [1.807, 2.05) is 18.4 Å². The number of carbonyl (C=O) groups is 3. The van der Waals surface area contributed by atoms with Crippen LogP contribution in [-0.4, -0.2) is 59.7 Å². The molecule has 2 aliphatic rings. The molecule has 2 heterocycles. The fourth-order valence-electron chi connectivity index (χ4n) is 3.70. The number of fused-ring (bicyclic) bond motifs is 1. The van der Waals surface area contributed by atoms with Crippen molar-refractivity contribution in [2.45, 2.75) is 25.4 Å². The molecule has 0 bridgehead atoms. The van der Waals surface area contributed by atoms with Gasteiger partial charge in [-0.1, -0.05) is 13.0 Å². The number of thiazole rings is 1. The summed E-state index contributed by atoms with van der Waals surface area (Å²) in [7, 11) is 0. The lowest BCUT2D eigenvalue weighted by Gasteiger charge is -2.47. The molecule has 0 saturated heterocycles. The summed E-state index contributed by atoms with van der Waals surface area (Å²) in [6.45, 7) is 2.35. The Hall–Kier alpha value is -2.76. The van der Waals surface area contributed by atoms with Gasteiger partial charge in [0.2, 0.25) is 0 Å². The summed E-state index contributed by atoms with van der Waals surface area (Å²) in [4.78, 5) is 39.6. The SMILES string of the molecule is CCC=C(CNC1C(=O)C2C(C(=O)O)=C(COC(N)=O)CNC12)c1csc(N)n1. The summed E-state index contributed by atoms with van der Waals surface area (Å²) in [5.41, 5.74) is 12.7. The van der Waals surface area contributed by atoms with Crippen molar-refractivity contribution in [3.05, 3.63) is 28.3 Å². The van der Waals surface area contributed by atoms with Gasteiger partial charge in [-0.05, 0) is 17.6 Å². The minimum absolute atomic E-state index is 0.0188. The van der Waals surface area contributed by atoms with Gasteiger partial charge >= 0.3 is 12.1 Å². The van der Waals surface area contributed by atoms with Gasteiger partial charge in [-0.15, -0.1) is 11.3 Å². The van der Waals surface area contributed by atoms with Crippen LogP contribution in [-0.2, 0) is 14.3 Å². The first kappa shape index (κ1) is 21.0. The highest BCUT2D eigenvalue weighted by atomic mass is 32.1. The zero-order valence-electron chi connectivity index (χ0n) is 15.8. The Bertz CT molecular complexity index is 893. The molecule has 1 saturated carbocycles. The highest BCUT2D eigenvalue weighted by Gasteiger charge is 2.55. The van der Waals surface area contributed by atoms with Gasteiger partial charge in [-0.2, -0.15) is 0 Å². The molecule has 1 aliphatic carbocycles. The Labute approximate surface area is 171 Å². The number of nitrogens with two attached hydrogens (primary N) is 2. The largest absolute Gasteiger partial charge is 0.478 e. The van der Waals surface area contributed by atoms with Gasteiger partial charge in [0.25, 0.3) is 0 Å². The predicted octanol–water partition coefficient (Wildman–Crippen LogP) is 0.124. The smallest absolute Gasteiger partial charge is 0.404 e. The Morgan fingerprint density at radius 1 is 1.52 bits per heavy atom. The Balaban J connectivity index is 1.71. The third kappa shape index (κ3) is 4.31. The van der Waals surface area contributed by atoms with Gasteiger partial charge in [-0.25, -0.2) is 14.6 Å². The molecule has 7 N–H and O–H groups in total. The molecule has 0 radical (unpaired) electrons. The highest BCUT2D eigenvalue weighted by Crippen LogP contribution is 2.36. The number of nitrogen functional groups attached to an aromatic ring is 1. The minimum atomic E-state index is -1.19. The number of ketones is 1. The standard InChI is InChI=1S/C18H23N5O5S/c1-2-3-8(10-7-29-17(19)23-10)4-22-14-13-12(15(14)24)11(16(25)26)9(5-21-13)6-28-18(20)27/h3,7,12-14,21-22H,2,4-6H2,1H3,(H2,19,23)(H2,20,27)(H,25,26). The number of carboxylic acid groups (broad SMARTS) is 1. The maximum Gasteiger partial charge on any atom is 0.404 e. The van der Waals surface area contributed by atoms with E-state index in [0.29, 0.717) is 17.2 Å². The third-order valence-corrected chi connectivity index (χ3v) is 5.68. The van der Waals surface area contributed by atoms with Crippen molar-refractivity contribution in [2.75, 3.05) is 25.4 Å². The van der Waals surface area contributed by atoms with Gasteiger partial charge in [0, 0.05) is 24.5 Å². The van der Waals surface area contributed by atoms with Crippen LogP contribution in [0.25, 0.3) is 5.57 Å². The fraction of sp³-hybridized carbons (Fsp3) is 0.444. The molecule has 156 valence electrons. The zero-order valence-corrected chi connectivity index (χ0v) is 16.6. The number of anilines is 1. The van der Waals surface area contributed by atoms with Crippen LogP contribution in [0.2, 0.25) is 0 Å². The van der Waals surface area contributed by atoms with Crippen LogP contribution in [0.1, 0.15) is 19.0 Å². The van der Waals surface area contributed by atoms with Crippen LogP contribution in [0.15, 0.2) is 22.6 Å². The van der Waals surface area contributed by atoms with Crippen molar-refractivity contribution in [1.82, 2.24) is 15.6 Å². The van der Waals surface area contributed by atoms with Crippen molar-refractivity contribution in [3.8, 4) is 0 Å². The molecule has 3 atom stereocenters. The molecule has 1 amide bonds. The zero-order chi connectivity index (χ0) is 21.1. The van der Waals surface area contributed by atoms with E-state index in [-0.39, 0.29) is 30.5 Å². The van der Waals surface area contributed by atoms with E-state index in [1.165, 1.54) is 11.3 Å². The van der Waals surface area contributed by atoms with Crippen molar-refractivity contribution in [1.29, 1.82) is 0 Å². The number of ether oxygens (including phenoxy) is 1. The van der Waals surface area contributed by atoms with E-state index in [9.17, 15) is 19.5 Å². The van der Waals surface area contributed by atoms with Gasteiger partial charge < -0.3 is 31.9 Å².